The van der Waals surface area contributed by atoms with Crippen LogP contribution in [0, 0.1) is 6.92 Å². The number of ketones is 1. The first kappa shape index (κ1) is 15.4. The third-order valence-electron chi connectivity index (χ3n) is 2.74. The van der Waals surface area contributed by atoms with Gasteiger partial charge in [-0.3, -0.25) is 4.79 Å². The molecule has 0 bridgehead atoms. The van der Waals surface area contributed by atoms with E-state index in [1.807, 2.05) is 25.1 Å². The first-order chi connectivity index (χ1) is 9.47. The van der Waals surface area contributed by atoms with Gasteiger partial charge >= 0.3 is 0 Å². The summed E-state index contributed by atoms with van der Waals surface area (Å²) in [6.07, 6.45) is 0. The summed E-state index contributed by atoms with van der Waals surface area (Å²) < 4.78 is 6.50. The smallest absolute Gasteiger partial charge is 0.200 e. The van der Waals surface area contributed by atoms with Crippen molar-refractivity contribution in [3.63, 3.8) is 0 Å². The first-order valence-corrected chi connectivity index (χ1v) is 7.39. The van der Waals surface area contributed by atoms with Gasteiger partial charge in [-0.2, -0.15) is 0 Å². The van der Waals surface area contributed by atoms with Crippen LogP contribution in [0.4, 0.5) is 0 Å². The van der Waals surface area contributed by atoms with Gasteiger partial charge in [0.05, 0.1) is 10.0 Å². The van der Waals surface area contributed by atoms with E-state index in [0.29, 0.717) is 21.4 Å². The molecular formula is C15H11BrCl2O2. The third kappa shape index (κ3) is 3.75. The van der Waals surface area contributed by atoms with Crippen LogP contribution in [0.3, 0.4) is 0 Å². The molecule has 2 aromatic rings. The molecule has 0 aliphatic carbocycles. The summed E-state index contributed by atoms with van der Waals surface area (Å²) in [5.41, 5.74) is 1.44. The number of halogens is 3. The van der Waals surface area contributed by atoms with Gasteiger partial charge in [0.2, 0.25) is 0 Å². The van der Waals surface area contributed by atoms with Crippen molar-refractivity contribution < 1.29 is 9.53 Å². The molecule has 0 N–H and O–H groups in total. The molecular weight excluding hydrogens is 363 g/mol. The molecule has 0 atom stereocenters. The number of Topliss-reactive ketones (excluding diaryl/α,β-unsaturated/α-hetero) is 1. The van der Waals surface area contributed by atoms with Crippen LogP contribution in [0.15, 0.2) is 40.9 Å². The lowest BCUT2D eigenvalue weighted by Gasteiger charge is -2.09. The zero-order chi connectivity index (χ0) is 14.7. The van der Waals surface area contributed by atoms with E-state index in [-0.39, 0.29) is 12.4 Å². The second-order valence-corrected chi connectivity index (χ2v) is 5.98. The molecule has 104 valence electrons. The molecule has 2 rings (SSSR count). The van der Waals surface area contributed by atoms with Crippen molar-refractivity contribution in [2.45, 2.75) is 6.92 Å². The zero-order valence-corrected chi connectivity index (χ0v) is 13.7. The molecule has 0 unspecified atom stereocenters. The summed E-state index contributed by atoms with van der Waals surface area (Å²) in [5.74, 6) is 0.535. The fraction of sp³-hybridized carbons (Fsp3) is 0.133. The Morgan fingerprint density at radius 2 is 1.90 bits per heavy atom. The lowest BCUT2D eigenvalue weighted by Crippen LogP contribution is -2.12. The quantitative estimate of drug-likeness (QED) is 0.677. The van der Waals surface area contributed by atoms with E-state index >= 15 is 0 Å². The van der Waals surface area contributed by atoms with Crippen molar-refractivity contribution in [1.29, 1.82) is 0 Å². The van der Waals surface area contributed by atoms with E-state index in [1.54, 1.807) is 18.2 Å². The van der Waals surface area contributed by atoms with Crippen molar-refractivity contribution in [3.05, 3.63) is 62.0 Å². The average molecular weight is 374 g/mol. The van der Waals surface area contributed by atoms with E-state index in [9.17, 15) is 4.79 Å². The summed E-state index contributed by atoms with van der Waals surface area (Å²) in [7, 11) is 0. The minimum atomic E-state index is -0.147. The number of carbonyl (C=O) groups is 1. The van der Waals surface area contributed by atoms with Gasteiger partial charge in [0.25, 0.3) is 0 Å². The standard InChI is InChI=1S/C15H11BrCl2O2/c1-9-6-11(16)3-5-15(9)20-8-14(19)10-2-4-12(17)13(18)7-10/h2-7H,8H2,1H3. The normalized spacial score (nSPS) is 10.4. The number of aryl methyl sites for hydroxylation is 1. The molecule has 0 aromatic heterocycles. The van der Waals surface area contributed by atoms with Gasteiger partial charge in [-0.1, -0.05) is 39.1 Å². The van der Waals surface area contributed by atoms with Crippen LogP contribution >= 0.6 is 39.1 Å². The Hall–Kier alpha value is -1.03. The molecule has 0 radical (unpaired) electrons. The third-order valence-corrected chi connectivity index (χ3v) is 3.97. The Morgan fingerprint density at radius 1 is 1.15 bits per heavy atom. The highest BCUT2D eigenvalue weighted by molar-refractivity contribution is 9.10. The van der Waals surface area contributed by atoms with Gasteiger partial charge in [-0.05, 0) is 48.9 Å². The minimum absolute atomic E-state index is 0.0412. The van der Waals surface area contributed by atoms with E-state index < -0.39 is 0 Å². The molecule has 0 aliphatic rings. The van der Waals surface area contributed by atoms with Gasteiger partial charge in [0.15, 0.2) is 12.4 Å². The molecule has 0 amide bonds. The second-order valence-electron chi connectivity index (χ2n) is 4.25. The molecule has 0 heterocycles. The van der Waals surface area contributed by atoms with Gasteiger partial charge in [0, 0.05) is 10.0 Å². The Labute approximate surface area is 135 Å². The molecule has 20 heavy (non-hydrogen) atoms. The van der Waals surface area contributed by atoms with E-state index in [1.165, 1.54) is 0 Å². The molecule has 2 aromatic carbocycles. The summed E-state index contributed by atoms with van der Waals surface area (Å²) in [6, 6.07) is 10.4. The lowest BCUT2D eigenvalue weighted by molar-refractivity contribution is 0.0921. The predicted molar refractivity (Wildman–Crippen MR) is 85.2 cm³/mol. The maximum absolute atomic E-state index is 12.0. The number of ether oxygens (including phenoxy) is 1. The molecule has 2 nitrogen and oxygen atoms in total. The van der Waals surface area contributed by atoms with Gasteiger partial charge in [-0.25, -0.2) is 0 Å². The van der Waals surface area contributed by atoms with Gasteiger partial charge < -0.3 is 4.74 Å². The summed E-state index contributed by atoms with van der Waals surface area (Å²) >= 11 is 15.1. The van der Waals surface area contributed by atoms with Crippen molar-refractivity contribution in [2.24, 2.45) is 0 Å². The number of hydrogen-bond acceptors (Lipinski definition) is 2. The molecule has 0 aliphatic heterocycles. The lowest BCUT2D eigenvalue weighted by atomic mass is 10.1. The maximum atomic E-state index is 12.0. The maximum Gasteiger partial charge on any atom is 0.200 e. The van der Waals surface area contributed by atoms with Crippen LogP contribution < -0.4 is 4.74 Å². The Morgan fingerprint density at radius 3 is 2.55 bits per heavy atom. The number of rotatable bonds is 4. The van der Waals surface area contributed by atoms with Crippen LogP contribution in [0.1, 0.15) is 15.9 Å². The fourth-order valence-electron chi connectivity index (χ4n) is 1.67. The van der Waals surface area contributed by atoms with Crippen LogP contribution in [0.5, 0.6) is 5.75 Å². The molecule has 0 saturated heterocycles. The van der Waals surface area contributed by atoms with Crippen LogP contribution in [-0.4, -0.2) is 12.4 Å². The minimum Gasteiger partial charge on any atom is -0.485 e. The summed E-state index contributed by atoms with van der Waals surface area (Å²) in [5, 5.41) is 0.783. The highest BCUT2D eigenvalue weighted by Crippen LogP contribution is 2.24. The highest BCUT2D eigenvalue weighted by Gasteiger charge is 2.10. The van der Waals surface area contributed by atoms with Crippen LogP contribution in [-0.2, 0) is 0 Å². The van der Waals surface area contributed by atoms with Gasteiger partial charge in [-0.15, -0.1) is 0 Å². The zero-order valence-electron chi connectivity index (χ0n) is 10.6. The van der Waals surface area contributed by atoms with Crippen molar-refractivity contribution in [2.75, 3.05) is 6.61 Å². The Balaban J connectivity index is 2.06. The second kappa shape index (κ2) is 6.61. The van der Waals surface area contributed by atoms with E-state index in [2.05, 4.69) is 15.9 Å². The topological polar surface area (TPSA) is 26.3 Å². The van der Waals surface area contributed by atoms with Crippen molar-refractivity contribution in [1.82, 2.24) is 0 Å². The molecule has 0 fully saturated rings. The Kier molecular flexibility index (Phi) is 5.08. The van der Waals surface area contributed by atoms with Crippen LogP contribution in [0.25, 0.3) is 0 Å². The number of carbonyl (C=O) groups excluding carboxylic acids is 1. The number of benzene rings is 2. The van der Waals surface area contributed by atoms with Crippen molar-refractivity contribution >= 4 is 44.9 Å². The largest absolute Gasteiger partial charge is 0.485 e. The SMILES string of the molecule is Cc1cc(Br)ccc1OCC(=O)c1ccc(Cl)c(Cl)c1. The highest BCUT2D eigenvalue weighted by atomic mass is 79.9. The monoisotopic (exact) mass is 372 g/mol. The summed E-state index contributed by atoms with van der Waals surface area (Å²) in [4.78, 5) is 12.0. The van der Waals surface area contributed by atoms with E-state index in [4.69, 9.17) is 27.9 Å². The molecule has 0 saturated carbocycles. The van der Waals surface area contributed by atoms with Crippen LogP contribution in [0.2, 0.25) is 10.0 Å². The Bertz CT molecular complexity index is 656. The predicted octanol–water partition coefficient (Wildman–Crippen LogP) is 5.33. The number of hydrogen-bond donors (Lipinski definition) is 0. The average Bonchev–Trinajstić information content (AvgIpc) is 2.40. The van der Waals surface area contributed by atoms with E-state index in [0.717, 1.165) is 10.0 Å². The van der Waals surface area contributed by atoms with Crippen molar-refractivity contribution in [3.8, 4) is 5.75 Å². The molecule has 0 spiro atoms. The van der Waals surface area contributed by atoms with Gasteiger partial charge in [0.1, 0.15) is 5.75 Å². The fourth-order valence-corrected chi connectivity index (χ4v) is 2.44. The summed E-state index contributed by atoms with van der Waals surface area (Å²) in [6.45, 7) is 1.88. The first-order valence-electron chi connectivity index (χ1n) is 5.84. The molecule has 5 heteroatoms.